The van der Waals surface area contributed by atoms with E-state index in [1.807, 2.05) is 0 Å². The van der Waals surface area contributed by atoms with Crippen molar-refractivity contribution >= 4 is 5.91 Å². The van der Waals surface area contributed by atoms with Crippen LogP contribution in [-0.2, 0) is 16.0 Å². The zero-order chi connectivity index (χ0) is 13.0. The van der Waals surface area contributed by atoms with Gasteiger partial charge in [-0.25, -0.2) is 8.78 Å². The van der Waals surface area contributed by atoms with E-state index >= 15 is 0 Å². The van der Waals surface area contributed by atoms with Gasteiger partial charge in [-0.15, -0.1) is 0 Å². The Morgan fingerprint density at radius 1 is 1.28 bits per heavy atom. The van der Waals surface area contributed by atoms with E-state index in [2.05, 4.69) is 0 Å². The molecular weight excluding hydrogens is 240 g/mol. The Morgan fingerprint density at radius 3 is 2.67 bits per heavy atom. The molecule has 0 bridgehead atoms. The van der Waals surface area contributed by atoms with E-state index < -0.39 is 11.6 Å². The number of halogens is 2. The average Bonchev–Trinajstić information content (AvgIpc) is 2.38. The fraction of sp³-hybridized carbons (Fsp3) is 0.462. The smallest absolute Gasteiger partial charge is 0.223 e. The van der Waals surface area contributed by atoms with Gasteiger partial charge in [-0.3, -0.25) is 4.79 Å². The van der Waals surface area contributed by atoms with E-state index in [9.17, 15) is 13.6 Å². The number of aryl methyl sites for hydroxylation is 1. The standard InChI is InChI=1S/C13H15F2NO2/c14-11-3-1-10(12(15)9-11)2-4-13(17)16-5-7-18-8-6-16/h1,3,9H,2,4-8H2. The highest BCUT2D eigenvalue weighted by Crippen LogP contribution is 2.12. The van der Waals surface area contributed by atoms with E-state index in [1.54, 1.807) is 4.90 Å². The molecule has 18 heavy (non-hydrogen) atoms. The topological polar surface area (TPSA) is 29.5 Å². The summed E-state index contributed by atoms with van der Waals surface area (Å²) in [5.74, 6) is -1.21. The minimum Gasteiger partial charge on any atom is -0.378 e. The number of hydrogen-bond donors (Lipinski definition) is 0. The number of nitrogens with zero attached hydrogens (tertiary/aromatic N) is 1. The molecule has 1 aromatic carbocycles. The van der Waals surface area contributed by atoms with Crippen molar-refractivity contribution in [2.24, 2.45) is 0 Å². The van der Waals surface area contributed by atoms with Crippen LogP contribution in [0.2, 0.25) is 0 Å². The predicted octanol–water partition coefficient (Wildman–Crippen LogP) is 1.76. The van der Waals surface area contributed by atoms with Gasteiger partial charge in [-0.1, -0.05) is 6.07 Å². The van der Waals surface area contributed by atoms with Gasteiger partial charge < -0.3 is 9.64 Å². The Balaban J connectivity index is 1.88. The zero-order valence-corrected chi connectivity index (χ0v) is 9.99. The van der Waals surface area contributed by atoms with Gasteiger partial charge in [0.1, 0.15) is 11.6 Å². The third kappa shape index (κ3) is 3.26. The molecule has 0 saturated carbocycles. The lowest BCUT2D eigenvalue weighted by atomic mass is 10.1. The summed E-state index contributed by atoms with van der Waals surface area (Å²) in [6, 6.07) is 3.43. The number of hydrogen-bond acceptors (Lipinski definition) is 2. The highest BCUT2D eigenvalue weighted by atomic mass is 19.1. The normalized spacial score (nSPS) is 15.8. The first-order valence-corrected chi connectivity index (χ1v) is 5.96. The molecule has 0 radical (unpaired) electrons. The Kier molecular flexibility index (Phi) is 4.25. The van der Waals surface area contributed by atoms with Crippen LogP contribution in [0, 0.1) is 11.6 Å². The number of carbonyl (C=O) groups is 1. The lowest BCUT2D eigenvalue weighted by Crippen LogP contribution is -2.40. The minimum absolute atomic E-state index is 0.0120. The van der Waals surface area contributed by atoms with Crippen LogP contribution in [0.4, 0.5) is 8.78 Å². The van der Waals surface area contributed by atoms with E-state index in [-0.39, 0.29) is 12.3 Å². The molecule has 1 fully saturated rings. The summed E-state index contributed by atoms with van der Waals surface area (Å²) < 4.78 is 31.2. The predicted molar refractivity (Wildman–Crippen MR) is 62.1 cm³/mol. The van der Waals surface area contributed by atoms with E-state index in [0.717, 1.165) is 6.07 Å². The maximum absolute atomic E-state index is 13.4. The quantitative estimate of drug-likeness (QED) is 0.823. The molecule has 0 unspecified atom stereocenters. The summed E-state index contributed by atoms with van der Waals surface area (Å²) in [5, 5.41) is 0. The summed E-state index contributed by atoms with van der Waals surface area (Å²) >= 11 is 0. The first kappa shape index (κ1) is 13.0. The fourth-order valence-corrected chi connectivity index (χ4v) is 1.94. The summed E-state index contributed by atoms with van der Waals surface area (Å²) in [4.78, 5) is 13.5. The lowest BCUT2D eigenvalue weighted by molar-refractivity contribution is -0.135. The number of amides is 1. The number of rotatable bonds is 3. The SMILES string of the molecule is O=C(CCc1ccc(F)cc1F)N1CCOCC1. The largest absolute Gasteiger partial charge is 0.378 e. The molecule has 0 atom stereocenters. The molecule has 5 heteroatoms. The van der Waals surface area contributed by atoms with Gasteiger partial charge in [0.05, 0.1) is 13.2 Å². The second kappa shape index (κ2) is 5.91. The van der Waals surface area contributed by atoms with Gasteiger partial charge in [-0.05, 0) is 18.1 Å². The molecule has 1 amide bonds. The van der Waals surface area contributed by atoms with Gasteiger partial charge in [0, 0.05) is 25.6 Å². The van der Waals surface area contributed by atoms with Crippen molar-refractivity contribution in [3.63, 3.8) is 0 Å². The van der Waals surface area contributed by atoms with Crippen molar-refractivity contribution in [3.8, 4) is 0 Å². The van der Waals surface area contributed by atoms with E-state index in [1.165, 1.54) is 12.1 Å². The molecule has 3 nitrogen and oxygen atoms in total. The van der Waals surface area contributed by atoms with Gasteiger partial charge in [-0.2, -0.15) is 0 Å². The van der Waals surface area contributed by atoms with Crippen molar-refractivity contribution < 1.29 is 18.3 Å². The molecule has 1 heterocycles. The van der Waals surface area contributed by atoms with Crippen LogP contribution >= 0.6 is 0 Å². The Bertz CT molecular complexity index is 431. The van der Waals surface area contributed by atoms with Gasteiger partial charge in [0.2, 0.25) is 5.91 Å². The van der Waals surface area contributed by atoms with Crippen LogP contribution in [0.15, 0.2) is 18.2 Å². The summed E-state index contributed by atoms with van der Waals surface area (Å²) in [6.07, 6.45) is 0.533. The highest BCUT2D eigenvalue weighted by molar-refractivity contribution is 5.76. The Morgan fingerprint density at radius 2 is 2.00 bits per heavy atom. The van der Waals surface area contributed by atoms with Crippen molar-refractivity contribution in [1.29, 1.82) is 0 Å². The van der Waals surface area contributed by atoms with Gasteiger partial charge >= 0.3 is 0 Å². The summed E-state index contributed by atoms with van der Waals surface area (Å²) in [5.41, 5.74) is 0.373. The molecule has 1 aliphatic heterocycles. The monoisotopic (exact) mass is 255 g/mol. The van der Waals surface area contributed by atoms with Crippen LogP contribution in [0.5, 0.6) is 0 Å². The van der Waals surface area contributed by atoms with Crippen molar-refractivity contribution in [2.45, 2.75) is 12.8 Å². The van der Waals surface area contributed by atoms with Gasteiger partial charge in [0.25, 0.3) is 0 Å². The average molecular weight is 255 g/mol. The molecule has 0 spiro atoms. The maximum atomic E-state index is 13.4. The second-order valence-corrected chi connectivity index (χ2v) is 4.23. The van der Waals surface area contributed by atoms with E-state index in [0.29, 0.717) is 38.3 Å². The fourth-order valence-electron chi connectivity index (χ4n) is 1.94. The van der Waals surface area contributed by atoms with Crippen LogP contribution in [0.25, 0.3) is 0 Å². The molecule has 0 aromatic heterocycles. The number of ether oxygens (including phenoxy) is 1. The Hall–Kier alpha value is -1.49. The molecule has 1 saturated heterocycles. The minimum atomic E-state index is -0.601. The number of benzene rings is 1. The van der Waals surface area contributed by atoms with Crippen LogP contribution in [0.1, 0.15) is 12.0 Å². The second-order valence-electron chi connectivity index (χ2n) is 4.23. The molecule has 98 valence electrons. The molecule has 1 aromatic rings. The van der Waals surface area contributed by atoms with Crippen molar-refractivity contribution in [2.75, 3.05) is 26.3 Å². The first-order chi connectivity index (χ1) is 8.66. The van der Waals surface area contributed by atoms with Crippen LogP contribution in [-0.4, -0.2) is 37.1 Å². The highest BCUT2D eigenvalue weighted by Gasteiger charge is 2.17. The Labute approximate surface area is 104 Å². The molecule has 1 aliphatic rings. The van der Waals surface area contributed by atoms with Gasteiger partial charge in [0.15, 0.2) is 0 Å². The van der Waals surface area contributed by atoms with Crippen molar-refractivity contribution in [3.05, 3.63) is 35.4 Å². The third-order valence-electron chi connectivity index (χ3n) is 2.99. The van der Waals surface area contributed by atoms with Crippen LogP contribution < -0.4 is 0 Å². The molecule has 0 N–H and O–H groups in total. The first-order valence-electron chi connectivity index (χ1n) is 5.96. The maximum Gasteiger partial charge on any atom is 0.223 e. The third-order valence-corrected chi connectivity index (χ3v) is 2.99. The molecule has 2 rings (SSSR count). The zero-order valence-electron chi connectivity index (χ0n) is 9.99. The van der Waals surface area contributed by atoms with E-state index in [4.69, 9.17) is 4.74 Å². The number of carbonyl (C=O) groups excluding carboxylic acids is 1. The molecule has 0 aliphatic carbocycles. The number of morpholine rings is 1. The van der Waals surface area contributed by atoms with Crippen LogP contribution in [0.3, 0.4) is 0 Å². The lowest BCUT2D eigenvalue weighted by Gasteiger charge is -2.26. The summed E-state index contributed by atoms with van der Waals surface area (Å²) in [6.45, 7) is 2.28. The van der Waals surface area contributed by atoms with Crippen molar-refractivity contribution in [1.82, 2.24) is 4.90 Å². The summed E-state index contributed by atoms with van der Waals surface area (Å²) in [7, 11) is 0. The molecular formula is C13H15F2NO2.